The Morgan fingerprint density at radius 2 is 2.15 bits per heavy atom. The number of fused-ring (bicyclic) bond motifs is 3. The number of thiophene rings is 1. The fraction of sp³-hybridized carbons (Fsp3) is 0.542. The van der Waals surface area contributed by atoms with Crippen LogP contribution in [-0.4, -0.2) is 45.9 Å². The molecule has 5 rings (SSSR count). The molecule has 1 aliphatic carbocycles. The summed E-state index contributed by atoms with van der Waals surface area (Å²) in [6.07, 6.45) is 6.25. The number of carbonyl (C=O) groups excluding carboxylic acids is 1. The van der Waals surface area contributed by atoms with E-state index in [2.05, 4.69) is 0 Å². The van der Waals surface area contributed by atoms with Gasteiger partial charge in [-0.25, -0.2) is 4.98 Å². The van der Waals surface area contributed by atoms with E-state index in [0.717, 1.165) is 60.4 Å². The van der Waals surface area contributed by atoms with Crippen molar-refractivity contribution in [1.29, 1.82) is 0 Å². The summed E-state index contributed by atoms with van der Waals surface area (Å²) in [5.74, 6) is 1.77. The Bertz CT molecular complexity index is 1220. The maximum atomic E-state index is 13.6. The van der Waals surface area contributed by atoms with Crippen molar-refractivity contribution in [3.63, 3.8) is 0 Å². The number of thioether (sulfide) groups is 1. The van der Waals surface area contributed by atoms with Gasteiger partial charge in [-0.2, -0.15) is 0 Å². The van der Waals surface area contributed by atoms with Gasteiger partial charge in [0.1, 0.15) is 16.4 Å². The molecular formula is C24H29N3O4S2. The van der Waals surface area contributed by atoms with E-state index in [4.69, 9.17) is 14.1 Å². The Morgan fingerprint density at radius 3 is 2.91 bits per heavy atom. The highest BCUT2D eigenvalue weighted by Crippen LogP contribution is 2.35. The molecule has 4 heterocycles. The van der Waals surface area contributed by atoms with Crippen molar-refractivity contribution in [2.75, 3.05) is 19.4 Å². The number of aryl methyl sites for hydroxylation is 3. The van der Waals surface area contributed by atoms with E-state index in [1.807, 2.05) is 19.1 Å². The number of aromatic nitrogens is 2. The van der Waals surface area contributed by atoms with Crippen LogP contribution >= 0.6 is 23.1 Å². The van der Waals surface area contributed by atoms with Crippen LogP contribution in [0.2, 0.25) is 0 Å². The summed E-state index contributed by atoms with van der Waals surface area (Å²) in [7, 11) is 1.77. The first-order valence-corrected chi connectivity index (χ1v) is 13.4. The van der Waals surface area contributed by atoms with E-state index < -0.39 is 0 Å². The molecule has 1 amide bonds. The van der Waals surface area contributed by atoms with Crippen molar-refractivity contribution in [3.05, 3.63) is 44.4 Å². The largest absolute Gasteiger partial charge is 0.464 e. The predicted molar refractivity (Wildman–Crippen MR) is 130 cm³/mol. The number of furan rings is 1. The van der Waals surface area contributed by atoms with Crippen LogP contribution in [0.25, 0.3) is 10.2 Å². The molecule has 1 atom stereocenters. The van der Waals surface area contributed by atoms with E-state index in [9.17, 15) is 9.59 Å². The van der Waals surface area contributed by atoms with E-state index >= 15 is 0 Å². The second kappa shape index (κ2) is 9.64. The maximum Gasteiger partial charge on any atom is 0.263 e. The summed E-state index contributed by atoms with van der Waals surface area (Å²) in [6, 6.07) is 3.78. The van der Waals surface area contributed by atoms with Crippen LogP contribution in [0.4, 0.5) is 0 Å². The van der Waals surface area contributed by atoms with Gasteiger partial charge in [0.15, 0.2) is 5.16 Å². The molecule has 7 nitrogen and oxygen atoms in total. The number of rotatable bonds is 7. The van der Waals surface area contributed by atoms with Gasteiger partial charge in [0.2, 0.25) is 5.91 Å². The SMILES string of the molecule is Cc1ccc(CN(C)C(=O)CSc2nc3sc4c(c3c(=O)n2CC2CCCO2)CCCC4)o1. The maximum absolute atomic E-state index is 13.6. The van der Waals surface area contributed by atoms with E-state index in [0.29, 0.717) is 18.2 Å². The molecule has 1 aliphatic heterocycles. The molecule has 1 saturated heterocycles. The van der Waals surface area contributed by atoms with Crippen LogP contribution in [0, 0.1) is 6.92 Å². The molecule has 1 unspecified atom stereocenters. The first-order valence-electron chi connectivity index (χ1n) is 11.6. The smallest absolute Gasteiger partial charge is 0.263 e. The molecule has 0 radical (unpaired) electrons. The fourth-order valence-corrected chi connectivity index (χ4v) is 6.86. The second-order valence-electron chi connectivity index (χ2n) is 8.89. The van der Waals surface area contributed by atoms with Crippen molar-refractivity contribution in [2.24, 2.45) is 0 Å². The van der Waals surface area contributed by atoms with Crippen LogP contribution in [-0.2, 0) is 35.5 Å². The summed E-state index contributed by atoms with van der Waals surface area (Å²) in [6.45, 7) is 3.53. The number of amides is 1. The van der Waals surface area contributed by atoms with Gasteiger partial charge in [0.25, 0.3) is 5.56 Å². The third-order valence-electron chi connectivity index (χ3n) is 6.39. The zero-order valence-electron chi connectivity index (χ0n) is 19.1. The molecule has 2 aliphatic rings. The average molecular weight is 488 g/mol. The van der Waals surface area contributed by atoms with Crippen molar-refractivity contribution in [1.82, 2.24) is 14.5 Å². The summed E-state index contributed by atoms with van der Waals surface area (Å²) >= 11 is 2.99. The monoisotopic (exact) mass is 487 g/mol. The number of ether oxygens (including phenoxy) is 1. The molecule has 0 spiro atoms. The zero-order valence-corrected chi connectivity index (χ0v) is 20.7. The second-order valence-corrected chi connectivity index (χ2v) is 10.9. The van der Waals surface area contributed by atoms with Gasteiger partial charge in [-0.1, -0.05) is 11.8 Å². The van der Waals surface area contributed by atoms with E-state index in [-0.39, 0.29) is 23.3 Å². The fourth-order valence-electron chi connectivity index (χ4n) is 4.61. The van der Waals surface area contributed by atoms with Gasteiger partial charge < -0.3 is 14.1 Å². The molecule has 0 aromatic carbocycles. The molecule has 0 N–H and O–H groups in total. The highest BCUT2D eigenvalue weighted by atomic mass is 32.2. The minimum Gasteiger partial charge on any atom is -0.464 e. The summed E-state index contributed by atoms with van der Waals surface area (Å²) in [5, 5.41) is 1.39. The Morgan fingerprint density at radius 1 is 1.30 bits per heavy atom. The lowest BCUT2D eigenvalue weighted by Gasteiger charge is -2.18. The first-order chi connectivity index (χ1) is 16.0. The molecule has 1 fully saturated rings. The first kappa shape index (κ1) is 22.7. The number of hydrogen-bond acceptors (Lipinski definition) is 7. The molecule has 3 aromatic rings. The highest BCUT2D eigenvalue weighted by molar-refractivity contribution is 7.99. The lowest BCUT2D eigenvalue weighted by Crippen LogP contribution is -2.30. The molecule has 176 valence electrons. The Balaban J connectivity index is 1.40. The Kier molecular flexibility index (Phi) is 6.62. The van der Waals surface area contributed by atoms with Gasteiger partial charge in [-0.3, -0.25) is 14.2 Å². The van der Waals surface area contributed by atoms with Crippen molar-refractivity contribution in [2.45, 2.75) is 69.8 Å². The van der Waals surface area contributed by atoms with Crippen molar-refractivity contribution in [3.8, 4) is 0 Å². The molecule has 0 bridgehead atoms. The Labute approximate surface area is 201 Å². The Hall–Kier alpha value is -2.10. The highest BCUT2D eigenvalue weighted by Gasteiger charge is 2.25. The topological polar surface area (TPSA) is 77.6 Å². The molecule has 0 saturated carbocycles. The quantitative estimate of drug-likeness (QED) is 0.368. The van der Waals surface area contributed by atoms with Crippen LogP contribution in [0.15, 0.2) is 26.5 Å². The molecule has 9 heteroatoms. The third-order valence-corrected chi connectivity index (χ3v) is 8.54. The van der Waals surface area contributed by atoms with Crippen LogP contribution < -0.4 is 5.56 Å². The minimum atomic E-state index is -0.0301. The summed E-state index contributed by atoms with van der Waals surface area (Å²) in [4.78, 5) is 35.1. The van der Waals surface area contributed by atoms with Gasteiger partial charge in [0, 0.05) is 18.5 Å². The lowest BCUT2D eigenvalue weighted by molar-refractivity contribution is -0.127. The average Bonchev–Trinajstić information content (AvgIpc) is 3.54. The molecule has 3 aromatic heterocycles. The van der Waals surface area contributed by atoms with Gasteiger partial charge in [-0.15, -0.1) is 11.3 Å². The third kappa shape index (κ3) is 4.76. The van der Waals surface area contributed by atoms with E-state index in [1.165, 1.54) is 28.6 Å². The minimum absolute atomic E-state index is 0.0178. The van der Waals surface area contributed by atoms with Crippen molar-refractivity contribution < 1.29 is 13.9 Å². The van der Waals surface area contributed by atoms with Gasteiger partial charge >= 0.3 is 0 Å². The van der Waals surface area contributed by atoms with E-state index in [1.54, 1.807) is 27.9 Å². The van der Waals surface area contributed by atoms with Crippen molar-refractivity contribution >= 4 is 39.2 Å². The zero-order chi connectivity index (χ0) is 22.9. The lowest BCUT2D eigenvalue weighted by atomic mass is 9.97. The molecular weight excluding hydrogens is 458 g/mol. The predicted octanol–water partition coefficient (Wildman–Crippen LogP) is 4.17. The summed E-state index contributed by atoms with van der Waals surface area (Å²) in [5.41, 5.74) is 1.21. The standard InChI is InChI=1S/C24H29N3O4S2/c1-15-9-10-17(31-15)12-26(2)20(28)14-32-24-25-22-21(18-7-3-4-8-19(18)33-22)23(29)27(24)13-16-6-5-11-30-16/h9-10,16H,3-8,11-14H2,1-2H3. The van der Waals surface area contributed by atoms with Crippen LogP contribution in [0.5, 0.6) is 0 Å². The van der Waals surface area contributed by atoms with Crippen LogP contribution in [0.3, 0.4) is 0 Å². The normalized spacial score (nSPS) is 18.1. The number of hydrogen-bond donors (Lipinski definition) is 0. The number of nitrogens with zero attached hydrogens (tertiary/aromatic N) is 3. The molecule has 33 heavy (non-hydrogen) atoms. The van der Waals surface area contributed by atoms with Crippen LogP contribution in [0.1, 0.15) is 47.6 Å². The summed E-state index contributed by atoms with van der Waals surface area (Å²) < 4.78 is 13.2. The van der Waals surface area contributed by atoms with Gasteiger partial charge in [0.05, 0.1) is 30.3 Å². The van der Waals surface area contributed by atoms with Gasteiger partial charge in [-0.05, 0) is 63.1 Å². The number of carbonyl (C=O) groups is 1.